The summed E-state index contributed by atoms with van der Waals surface area (Å²) < 4.78 is 5.03. The van der Waals surface area contributed by atoms with E-state index in [1.165, 1.54) is 0 Å². The maximum absolute atomic E-state index is 12.0. The maximum Gasteiger partial charge on any atom is 0.251 e. The van der Waals surface area contributed by atoms with Crippen LogP contribution in [0.25, 0.3) is 0 Å². The van der Waals surface area contributed by atoms with Gasteiger partial charge in [-0.15, -0.1) is 0 Å². The Hall–Kier alpha value is -1.52. The first-order valence-electron chi connectivity index (χ1n) is 5.63. The van der Waals surface area contributed by atoms with Gasteiger partial charge in [-0.1, -0.05) is 28.4 Å². The van der Waals surface area contributed by atoms with Crippen molar-refractivity contribution in [1.82, 2.24) is 10.5 Å². The fourth-order valence-electron chi connectivity index (χ4n) is 1.71. The molecule has 0 radical (unpaired) electrons. The van der Waals surface area contributed by atoms with Crippen LogP contribution in [0.2, 0.25) is 10.0 Å². The first kappa shape index (κ1) is 13.9. The van der Waals surface area contributed by atoms with Gasteiger partial charge < -0.3 is 9.84 Å². The van der Waals surface area contributed by atoms with E-state index >= 15 is 0 Å². The number of rotatable bonds is 3. The lowest BCUT2D eigenvalue weighted by Crippen LogP contribution is -2.23. The second kappa shape index (κ2) is 5.63. The molecule has 0 aliphatic rings. The molecule has 19 heavy (non-hydrogen) atoms. The van der Waals surface area contributed by atoms with Crippen molar-refractivity contribution in [2.45, 2.75) is 20.4 Å². The molecule has 1 aromatic heterocycles. The van der Waals surface area contributed by atoms with E-state index in [0.717, 1.165) is 11.3 Å². The number of benzene rings is 1. The molecular weight excluding hydrogens is 287 g/mol. The molecule has 100 valence electrons. The summed E-state index contributed by atoms with van der Waals surface area (Å²) in [6, 6.07) is 4.71. The summed E-state index contributed by atoms with van der Waals surface area (Å²) in [5.74, 6) is 0.450. The van der Waals surface area contributed by atoms with Crippen LogP contribution in [-0.4, -0.2) is 11.1 Å². The molecule has 6 heteroatoms. The van der Waals surface area contributed by atoms with Crippen molar-refractivity contribution < 1.29 is 9.32 Å². The molecule has 0 fully saturated rings. The molecule has 2 aromatic rings. The fourth-order valence-corrected chi connectivity index (χ4v) is 2.24. The highest BCUT2D eigenvalue weighted by molar-refractivity contribution is 6.35. The van der Waals surface area contributed by atoms with Crippen LogP contribution in [0, 0.1) is 13.8 Å². The number of carbonyl (C=O) groups is 1. The molecule has 0 bridgehead atoms. The monoisotopic (exact) mass is 298 g/mol. The highest BCUT2D eigenvalue weighted by atomic mass is 35.5. The minimum Gasteiger partial charge on any atom is -0.361 e. The zero-order valence-electron chi connectivity index (χ0n) is 10.5. The topological polar surface area (TPSA) is 55.1 Å². The van der Waals surface area contributed by atoms with Crippen LogP contribution < -0.4 is 5.32 Å². The summed E-state index contributed by atoms with van der Waals surface area (Å²) in [6.07, 6.45) is 0. The van der Waals surface area contributed by atoms with Crippen LogP contribution >= 0.6 is 23.2 Å². The van der Waals surface area contributed by atoms with Crippen molar-refractivity contribution >= 4 is 29.1 Å². The van der Waals surface area contributed by atoms with Crippen LogP contribution in [0.4, 0.5) is 0 Å². The van der Waals surface area contributed by atoms with Gasteiger partial charge in [0.05, 0.1) is 5.69 Å². The average Bonchev–Trinajstić information content (AvgIpc) is 2.65. The summed E-state index contributed by atoms with van der Waals surface area (Å²) in [4.78, 5) is 12.0. The van der Waals surface area contributed by atoms with E-state index < -0.39 is 0 Å². The van der Waals surface area contributed by atoms with Crippen LogP contribution in [0.15, 0.2) is 22.7 Å². The summed E-state index contributed by atoms with van der Waals surface area (Å²) in [5, 5.41) is 7.46. The Kier molecular flexibility index (Phi) is 4.12. The first-order valence-corrected chi connectivity index (χ1v) is 6.39. The SMILES string of the molecule is Cc1noc(C)c1CNC(=O)c1cc(Cl)cc(Cl)c1. The Bertz CT molecular complexity index is 583. The Morgan fingerprint density at radius 3 is 2.42 bits per heavy atom. The standard InChI is InChI=1S/C13H12Cl2N2O2/c1-7-12(8(2)19-17-7)6-16-13(18)9-3-10(14)5-11(15)4-9/h3-5H,6H2,1-2H3,(H,16,18). The number of aryl methyl sites for hydroxylation is 2. The summed E-state index contributed by atoms with van der Waals surface area (Å²) >= 11 is 11.7. The number of nitrogens with one attached hydrogen (secondary N) is 1. The molecule has 1 aromatic carbocycles. The lowest BCUT2D eigenvalue weighted by molar-refractivity contribution is 0.0951. The number of hydrogen-bond donors (Lipinski definition) is 1. The third-order valence-electron chi connectivity index (χ3n) is 2.73. The molecule has 4 nitrogen and oxygen atoms in total. The predicted molar refractivity (Wildman–Crippen MR) is 73.6 cm³/mol. The molecule has 0 unspecified atom stereocenters. The van der Waals surface area contributed by atoms with E-state index in [2.05, 4.69) is 10.5 Å². The average molecular weight is 299 g/mol. The van der Waals surface area contributed by atoms with Crippen molar-refractivity contribution in [3.8, 4) is 0 Å². The van der Waals surface area contributed by atoms with Gasteiger partial charge in [-0.05, 0) is 32.0 Å². The molecule has 1 N–H and O–H groups in total. The molecule has 0 saturated carbocycles. The lowest BCUT2D eigenvalue weighted by atomic mass is 10.2. The van der Waals surface area contributed by atoms with Gasteiger partial charge >= 0.3 is 0 Å². The van der Waals surface area contributed by atoms with Crippen LogP contribution in [0.5, 0.6) is 0 Å². The number of aromatic nitrogens is 1. The van der Waals surface area contributed by atoms with E-state index in [1.54, 1.807) is 25.1 Å². The highest BCUT2D eigenvalue weighted by Gasteiger charge is 2.12. The van der Waals surface area contributed by atoms with E-state index in [0.29, 0.717) is 27.9 Å². The Balaban J connectivity index is 2.09. The van der Waals surface area contributed by atoms with Crippen LogP contribution in [0.3, 0.4) is 0 Å². The van der Waals surface area contributed by atoms with E-state index in [4.69, 9.17) is 27.7 Å². The molecule has 1 heterocycles. The Morgan fingerprint density at radius 1 is 1.26 bits per heavy atom. The molecular formula is C13H12Cl2N2O2. The van der Waals surface area contributed by atoms with Gasteiger partial charge in [-0.3, -0.25) is 4.79 Å². The summed E-state index contributed by atoms with van der Waals surface area (Å²) in [7, 11) is 0. The van der Waals surface area contributed by atoms with E-state index in [-0.39, 0.29) is 5.91 Å². The molecule has 2 rings (SSSR count). The van der Waals surface area contributed by atoms with Crippen molar-refractivity contribution in [2.75, 3.05) is 0 Å². The summed E-state index contributed by atoms with van der Waals surface area (Å²) in [5.41, 5.74) is 2.06. The summed E-state index contributed by atoms with van der Waals surface area (Å²) in [6.45, 7) is 3.98. The molecule has 0 spiro atoms. The molecule has 0 saturated heterocycles. The number of hydrogen-bond acceptors (Lipinski definition) is 3. The lowest BCUT2D eigenvalue weighted by Gasteiger charge is -2.06. The van der Waals surface area contributed by atoms with Gasteiger partial charge in [0.2, 0.25) is 0 Å². The second-order valence-electron chi connectivity index (χ2n) is 4.14. The van der Waals surface area contributed by atoms with Gasteiger partial charge in [0.15, 0.2) is 0 Å². The number of nitrogens with zero attached hydrogens (tertiary/aromatic N) is 1. The van der Waals surface area contributed by atoms with E-state index in [1.807, 2.05) is 6.92 Å². The number of carbonyl (C=O) groups excluding carboxylic acids is 1. The van der Waals surface area contributed by atoms with Crippen LogP contribution in [-0.2, 0) is 6.54 Å². The van der Waals surface area contributed by atoms with Gasteiger partial charge in [-0.2, -0.15) is 0 Å². The zero-order chi connectivity index (χ0) is 14.0. The van der Waals surface area contributed by atoms with Gasteiger partial charge in [-0.25, -0.2) is 0 Å². The molecule has 0 aliphatic carbocycles. The minimum atomic E-state index is -0.246. The maximum atomic E-state index is 12.0. The molecule has 1 amide bonds. The van der Waals surface area contributed by atoms with E-state index in [9.17, 15) is 4.79 Å². The third kappa shape index (κ3) is 3.28. The largest absolute Gasteiger partial charge is 0.361 e. The Morgan fingerprint density at radius 2 is 1.89 bits per heavy atom. The highest BCUT2D eigenvalue weighted by Crippen LogP contribution is 2.19. The normalized spacial score (nSPS) is 10.5. The minimum absolute atomic E-state index is 0.246. The van der Waals surface area contributed by atoms with Crippen molar-refractivity contribution in [3.05, 3.63) is 50.8 Å². The molecule has 0 aliphatic heterocycles. The quantitative estimate of drug-likeness (QED) is 0.943. The van der Waals surface area contributed by atoms with Gasteiger partial charge in [0.25, 0.3) is 5.91 Å². The van der Waals surface area contributed by atoms with Crippen molar-refractivity contribution in [2.24, 2.45) is 0 Å². The van der Waals surface area contributed by atoms with Gasteiger partial charge in [0.1, 0.15) is 5.76 Å². The third-order valence-corrected chi connectivity index (χ3v) is 3.17. The van der Waals surface area contributed by atoms with Crippen molar-refractivity contribution in [3.63, 3.8) is 0 Å². The smallest absolute Gasteiger partial charge is 0.251 e. The van der Waals surface area contributed by atoms with Gasteiger partial charge in [0, 0.05) is 27.7 Å². The second-order valence-corrected chi connectivity index (χ2v) is 5.02. The predicted octanol–water partition coefficient (Wildman–Crippen LogP) is 3.53. The van der Waals surface area contributed by atoms with Crippen molar-refractivity contribution in [1.29, 1.82) is 0 Å². The molecule has 0 atom stereocenters. The Labute approximate surface area is 120 Å². The zero-order valence-corrected chi connectivity index (χ0v) is 12.0. The first-order chi connectivity index (χ1) is 8.97. The number of halogens is 2. The fraction of sp³-hybridized carbons (Fsp3) is 0.231. The van der Waals surface area contributed by atoms with Crippen LogP contribution in [0.1, 0.15) is 27.4 Å². The number of amides is 1.